The van der Waals surface area contributed by atoms with E-state index in [2.05, 4.69) is 15.6 Å². The summed E-state index contributed by atoms with van der Waals surface area (Å²) in [5.74, 6) is -1.11. The summed E-state index contributed by atoms with van der Waals surface area (Å²) in [5, 5.41) is 13.3. The number of fused-ring (bicyclic) bond motifs is 1. The number of benzene rings is 2. The highest BCUT2D eigenvalue weighted by Gasteiger charge is 2.33. The zero-order chi connectivity index (χ0) is 27.2. The fraction of sp³-hybridized carbons (Fsp3) is 0.321. The fourth-order valence-electron chi connectivity index (χ4n) is 4.66. The van der Waals surface area contributed by atoms with Crippen molar-refractivity contribution in [2.24, 2.45) is 0 Å². The van der Waals surface area contributed by atoms with Gasteiger partial charge in [-0.1, -0.05) is 35.5 Å². The Balaban J connectivity index is 1.48. The summed E-state index contributed by atoms with van der Waals surface area (Å²) in [6.45, 7) is 1.15. The Hall–Kier alpha value is -4.09. The van der Waals surface area contributed by atoms with E-state index in [0.29, 0.717) is 29.8 Å². The molecule has 3 heterocycles. The van der Waals surface area contributed by atoms with Crippen molar-refractivity contribution in [3.8, 4) is 0 Å². The van der Waals surface area contributed by atoms with Gasteiger partial charge in [-0.2, -0.15) is 0 Å². The molecule has 1 fully saturated rings. The molecule has 202 valence electrons. The maximum absolute atomic E-state index is 13.9. The largest absolute Gasteiger partial charge is 0.465 e. The summed E-state index contributed by atoms with van der Waals surface area (Å²) < 4.78 is 12.0. The molecule has 5 rings (SSSR count). The first kappa shape index (κ1) is 26.5. The van der Waals surface area contributed by atoms with Crippen LogP contribution in [0, 0.1) is 0 Å². The maximum atomic E-state index is 13.9. The van der Waals surface area contributed by atoms with E-state index in [0.717, 1.165) is 23.2 Å². The minimum Gasteiger partial charge on any atom is -0.465 e. The number of nitrogens with zero attached hydrogens (tertiary/aromatic N) is 4. The number of amides is 2. The predicted octanol–water partition coefficient (Wildman–Crippen LogP) is 3.34. The van der Waals surface area contributed by atoms with Crippen LogP contribution in [-0.4, -0.2) is 64.0 Å². The SMILES string of the molecule is COC(=O)c1ccc([C@@H](C(=O)NC[C@H]2CCCO2)N(Cc2cccs2)C(=O)Cn2nnc3ccccc32)cc1. The Labute approximate surface area is 229 Å². The molecule has 0 bridgehead atoms. The molecule has 0 unspecified atom stereocenters. The number of nitrogens with one attached hydrogen (secondary N) is 1. The highest BCUT2D eigenvalue weighted by Crippen LogP contribution is 2.27. The molecule has 39 heavy (non-hydrogen) atoms. The van der Waals surface area contributed by atoms with Gasteiger partial charge in [-0.15, -0.1) is 16.4 Å². The van der Waals surface area contributed by atoms with Crippen LogP contribution in [-0.2, 0) is 32.2 Å². The van der Waals surface area contributed by atoms with Crippen LogP contribution in [0.25, 0.3) is 11.0 Å². The molecule has 0 spiro atoms. The number of methoxy groups -OCH3 is 1. The Morgan fingerprint density at radius 1 is 1.15 bits per heavy atom. The summed E-state index contributed by atoms with van der Waals surface area (Å²) in [6, 6.07) is 16.8. The second kappa shape index (κ2) is 12.2. The topological polar surface area (TPSA) is 116 Å². The Kier molecular flexibility index (Phi) is 8.28. The third-order valence-corrected chi connectivity index (χ3v) is 7.53. The second-order valence-corrected chi connectivity index (χ2v) is 10.3. The molecule has 1 aliphatic heterocycles. The quantitative estimate of drug-likeness (QED) is 0.303. The minimum atomic E-state index is -0.956. The number of esters is 1. The van der Waals surface area contributed by atoms with Crippen molar-refractivity contribution in [3.63, 3.8) is 0 Å². The van der Waals surface area contributed by atoms with Crippen LogP contribution in [0.4, 0.5) is 0 Å². The van der Waals surface area contributed by atoms with Crippen molar-refractivity contribution in [2.75, 3.05) is 20.3 Å². The fourth-order valence-corrected chi connectivity index (χ4v) is 5.36. The summed E-state index contributed by atoms with van der Waals surface area (Å²) >= 11 is 1.51. The molecule has 0 radical (unpaired) electrons. The van der Waals surface area contributed by atoms with Crippen LogP contribution in [0.5, 0.6) is 0 Å². The number of rotatable bonds is 10. The minimum absolute atomic E-state index is 0.0562. The van der Waals surface area contributed by atoms with Gasteiger partial charge in [-0.25, -0.2) is 9.48 Å². The van der Waals surface area contributed by atoms with Gasteiger partial charge in [0.15, 0.2) is 0 Å². The van der Waals surface area contributed by atoms with Gasteiger partial charge in [0.25, 0.3) is 0 Å². The van der Waals surface area contributed by atoms with Crippen molar-refractivity contribution < 1.29 is 23.9 Å². The average molecular weight is 548 g/mol. The average Bonchev–Trinajstić information content (AvgIpc) is 3.75. The molecular weight excluding hydrogens is 518 g/mol. The lowest BCUT2D eigenvalue weighted by atomic mass is 10.0. The zero-order valence-electron chi connectivity index (χ0n) is 21.5. The Morgan fingerprint density at radius 3 is 2.69 bits per heavy atom. The molecule has 2 amide bonds. The highest BCUT2D eigenvalue weighted by atomic mass is 32.1. The van der Waals surface area contributed by atoms with E-state index < -0.39 is 12.0 Å². The molecule has 0 aliphatic carbocycles. The lowest BCUT2D eigenvalue weighted by Crippen LogP contribution is -2.46. The number of carbonyl (C=O) groups is 3. The molecule has 4 aromatic rings. The molecule has 1 saturated heterocycles. The summed E-state index contributed by atoms with van der Waals surface area (Å²) in [5.41, 5.74) is 2.33. The van der Waals surface area contributed by atoms with Gasteiger partial charge in [0.1, 0.15) is 18.1 Å². The summed E-state index contributed by atoms with van der Waals surface area (Å²) in [6.07, 6.45) is 1.77. The van der Waals surface area contributed by atoms with Crippen LogP contribution in [0.3, 0.4) is 0 Å². The molecule has 1 N–H and O–H groups in total. The lowest BCUT2D eigenvalue weighted by Gasteiger charge is -2.31. The van der Waals surface area contributed by atoms with Crippen molar-refractivity contribution in [1.29, 1.82) is 0 Å². The van der Waals surface area contributed by atoms with Crippen LogP contribution >= 0.6 is 11.3 Å². The Morgan fingerprint density at radius 2 is 1.97 bits per heavy atom. The van der Waals surface area contributed by atoms with E-state index in [-0.39, 0.29) is 31.0 Å². The standard InChI is InChI=1S/C28H29N5O5S/c1-37-28(36)20-12-10-19(11-13-20)26(27(35)29-16-21-6-4-14-38-21)32(17-22-7-5-15-39-22)25(34)18-33-24-9-3-2-8-23(24)30-31-33/h2-3,5,7-13,15,21,26H,4,6,14,16-18H2,1H3,(H,29,35)/t21-,26+/m1/s1. The van der Waals surface area contributed by atoms with Gasteiger partial charge < -0.3 is 19.7 Å². The number of para-hydroxylation sites is 1. The second-order valence-electron chi connectivity index (χ2n) is 9.23. The number of hydrogen-bond donors (Lipinski definition) is 1. The van der Waals surface area contributed by atoms with Crippen molar-refractivity contribution >= 4 is 40.2 Å². The molecule has 11 heteroatoms. The zero-order valence-corrected chi connectivity index (χ0v) is 22.3. The molecule has 2 aromatic heterocycles. The maximum Gasteiger partial charge on any atom is 0.337 e. The van der Waals surface area contributed by atoms with E-state index in [1.807, 2.05) is 41.8 Å². The molecular formula is C28H29N5O5S. The van der Waals surface area contributed by atoms with Gasteiger partial charge in [0.2, 0.25) is 11.8 Å². The lowest BCUT2D eigenvalue weighted by molar-refractivity contribution is -0.142. The van der Waals surface area contributed by atoms with E-state index in [1.165, 1.54) is 18.4 Å². The molecule has 1 aliphatic rings. The molecule has 10 nitrogen and oxygen atoms in total. The third kappa shape index (κ3) is 6.15. The Bertz CT molecular complexity index is 1430. The van der Waals surface area contributed by atoms with Gasteiger partial charge in [-0.05, 0) is 54.1 Å². The monoisotopic (exact) mass is 547 g/mol. The van der Waals surface area contributed by atoms with E-state index in [9.17, 15) is 14.4 Å². The molecule has 0 saturated carbocycles. The number of ether oxygens (including phenoxy) is 2. The van der Waals surface area contributed by atoms with E-state index >= 15 is 0 Å². The normalized spacial score (nSPS) is 15.7. The number of hydrogen-bond acceptors (Lipinski definition) is 8. The predicted molar refractivity (Wildman–Crippen MR) is 145 cm³/mol. The van der Waals surface area contributed by atoms with Crippen LogP contribution < -0.4 is 5.32 Å². The highest BCUT2D eigenvalue weighted by molar-refractivity contribution is 7.09. The smallest absolute Gasteiger partial charge is 0.337 e. The number of carbonyl (C=O) groups excluding carboxylic acids is 3. The van der Waals surface area contributed by atoms with E-state index in [4.69, 9.17) is 9.47 Å². The number of aromatic nitrogens is 3. The van der Waals surface area contributed by atoms with Crippen molar-refractivity contribution in [1.82, 2.24) is 25.2 Å². The summed E-state index contributed by atoms with van der Waals surface area (Å²) in [4.78, 5) is 42.2. The molecule has 2 atom stereocenters. The number of thiophene rings is 1. The first-order valence-electron chi connectivity index (χ1n) is 12.7. The summed E-state index contributed by atoms with van der Waals surface area (Å²) in [7, 11) is 1.31. The van der Waals surface area contributed by atoms with Crippen LogP contribution in [0.1, 0.15) is 39.7 Å². The van der Waals surface area contributed by atoms with E-state index in [1.54, 1.807) is 33.8 Å². The van der Waals surface area contributed by atoms with Crippen molar-refractivity contribution in [2.45, 2.75) is 38.1 Å². The van der Waals surface area contributed by atoms with Crippen molar-refractivity contribution in [3.05, 3.63) is 82.0 Å². The van der Waals surface area contributed by atoms with Gasteiger partial charge in [-0.3, -0.25) is 9.59 Å². The van der Waals surface area contributed by atoms with Crippen LogP contribution in [0.15, 0.2) is 66.0 Å². The molecule has 2 aromatic carbocycles. The van der Waals surface area contributed by atoms with Gasteiger partial charge in [0, 0.05) is 18.0 Å². The third-order valence-electron chi connectivity index (χ3n) is 6.67. The van der Waals surface area contributed by atoms with Gasteiger partial charge in [0.05, 0.1) is 30.8 Å². The van der Waals surface area contributed by atoms with Crippen LogP contribution in [0.2, 0.25) is 0 Å². The first-order valence-corrected chi connectivity index (χ1v) is 13.6. The van der Waals surface area contributed by atoms with Gasteiger partial charge >= 0.3 is 5.97 Å². The first-order chi connectivity index (χ1) is 19.0.